The van der Waals surface area contributed by atoms with Crippen molar-refractivity contribution in [3.05, 3.63) is 11.1 Å². The molecule has 5 heteroatoms. The van der Waals surface area contributed by atoms with Gasteiger partial charge in [0.2, 0.25) is 0 Å². The van der Waals surface area contributed by atoms with Crippen LogP contribution in [0, 0.1) is 0 Å². The van der Waals surface area contributed by atoms with Gasteiger partial charge in [0.15, 0.2) is 5.13 Å². The lowest BCUT2D eigenvalue weighted by molar-refractivity contribution is 0.0305. The predicted octanol–water partition coefficient (Wildman–Crippen LogP) is 1.53. The molecule has 3 atom stereocenters. The fourth-order valence-corrected chi connectivity index (χ4v) is 3.29. The average Bonchev–Trinajstić information content (AvgIpc) is 2.85. The van der Waals surface area contributed by atoms with E-state index < -0.39 is 0 Å². The van der Waals surface area contributed by atoms with Crippen molar-refractivity contribution >= 4 is 16.5 Å². The molecule has 0 aromatic carbocycles. The number of fused-ring (bicyclic) bond motifs is 2. The normalized spacial score (nSPS) is 30.8. The Kier molecular flexibility index (Phi) is 2.61. The van der Waals surface area contributed by atoms with E-state index in [2.05, 4.69) is 9.88 Å². The van der Waals surface area contributed by atoms with Gasteiger partial charge in [-0.1, -0.05) is 0 Å². The number of rotatable bonds is 2. The van der Waals surface area contributed by atoms with Gasteiger partial charge in [-0.2, -0.15) is 0 Å². The van der Waals surface area contributed by atoms with Gasteiger partial charge < -0.3 is 15.4 Å². The summed E-state index contributed by atoms with van der Waals surface area (Å²) in [6.07, 6.45) is 5.14. The average molecular weight is 239 g/mol. The number of thiazole rings is 1. The van der Waals surface area contributed by atoms with E-state index in [1.54, 1.807) is 11.3 Å². The molecule has 2 fully saturated rings. The van der Waals surface area contributed by atoms with Crippen molar-refractivity contribution in [2.75, 3.05) is 18.0 Å². The molecular weight excluding hydrogens is 222 g/mol. The standard InChI is InChI=1S/C11H17N3OS/c1-7(12)10-4-13-11(16-10)14-5-8-2-3-9(6-14)15-8/h4,7-9H,2-3,5-6,12H2,1H3. The molecule has 16 heavy (non-hydrogen) atoms. The zero-order chi connectivity index (χ0) is 11.1. The molecule has 88 valence electrons. The van der Waals surface area contributed by atoms with Crippen molar-refractivity contribution in [1.82, 2.24) is 4.98 Å². The van der Waals surface area contributed by atoms with E-state index in [0.29, 0.717) is 12.2 Å². The number of aromatic nitrogens is 1. The summed E-state index contributed by atoms with van der Waals surface area (Å²) < 4.78 is 5.81. The van der Waals surface area contributed by atoms with Crippen LogP contribution in [0.15, 0.2) is 6.20 Å². The highest BCUT2D eigenvalue weighted by Crippen LogP contribution is 2.32. The molecule has 1 aromatic rings. The van der Waals surface area contributed by atoms with Crippen molar-refractivity contribution in [3.63, 3.8) is 0 Å². The Morgan fingerprint density at radius 2 is 2.19 bits per heavy atom. The first-order chi connectivity index (χ1) is 7.72. The Labute approximate surface area is 99.4 Å². The van der Waals surface area contributed by atoms with E-state index >= 15 is 0 Å². The van der Waals surface area contributed by atoms with E-state index in [0.717, 1.165) is 23.1 Å². The number of ether oxygens (including phenoxy) is 1. The maximum absolute atomic E-state index is 5.85. The Balaban J connectivity index is 1.76. The Morgan fingerprint density at radius 1 is 1.50 bits per heavy atom. The smallest absolute Gasteiger partial charge is 0.185 e. The molecule has 2 N–H and O–H groups in total. The maximum Gasteiger partial charge on any atom is 0.185 e. The number of nitrogens with two attached hydrogens (primary N) is 1. The van der Waals surface area contributed by atoms with Crippen LogP contribution >= 0.6 is 11.3 Å². The number of morpholine rings is 1. The largest absolute Gasteiger partial charge is 0.371 e. The Hall–Kier alpha value is -0.650. The zero-order valence-electron chi connectivity index (χ0n) is 9.43. The Morgan fingerprint density at radius 3 is 2.75 bits per heavy atom. The Bertz CT molecular complexity index is 367. The van der Waals surface area contributed by atoms with Crippen molar-refractivity contribution in [2.45, 2.75) is 38.0 Å². The minimum Gasteiger partial charge on any atom is -0.371 e. The molecule has 2 bridgehead atoms. The summed E-state index contributed by atoms with van der Waals surface area (Å²) in [5.74, 6) is 0. The highest BCUT2D eigenvalue weighted by molar-refractivity contribution is 7.15. The van der Waals surface area contributed by atoms with E-state index in [4.69, 9.17) is 10.5 Å². The summed E-state index contributed by atoms with van der Waals surface area (Å²) in [4.78, 5) is 7.98. The number of nitrogens with zero attached hydrogens (tertiary/aromatic N) is 2. The predicted molar refractivity (Wildman–Crippen MR) is 64.8 cm³/mol. The van der Waals surface area contributed by atoms with Crippen molar-refractivity contribution < 1.29 is 4.74 Å². The first kappa shape index (κ1) is 10.5. The minimum atomic E-state index is 0.0870. The molecular formula is C11H17N3OS. The monoisotopic (exact) mass is 239 g/mol. The summed E-state index contributed by atoms with van der Waals surface area (Å²) in [6.45, 7) is 3.98. The molecule has 3 heterocycles. The minimum absolute atomic E-state index is 0.0870. The quantitative estimate of drug-likeness (QED) is 0.850. The van der Waals surface area contributed by atoms with Gasteiger partial charge in [0.25, 0.3) is 0 Å². The molecule has 0 spiro atoms. The molecule has 0 aliphatic carbocycles. The third-order valence-electron chi connectivity index (χ3n) is 3.27. The fraction of sp³-hybridized carbons (Fsp3) is 0.727. The maximum atomic E-state index is 5.85. The van der Waals surface area contributed by atoms with Crippen LogP contribution in [0.1, 0.15) is 30.7 Å². The van der Waals surface area contributed by atoms with Gasteiger partial charge in [-0.3, -0.25) is 0 Å². The first-order valence-corrected chi connectivity index (χ1v) is 6.66. The first-order valence-electron chi connectivity index (χ1n) is 5.84. The van der Waals surface area contributed by atoms with Gasteiger partial charge in [-0.25, -0.2) is 4.98 Å². The number of anilines is 1. The lowest BCUT2D eigenvalue weighted by Gasteiger charge is -2.31. The molecule has 4 nitrogen and oxygen atoms in total. The second kappa shape index (κ2) is 3.98. The van der Waals surface area contributed by atoms with Crippen molar-refractivity contribution in [1.29, 1.82) is 0 Å². The van der Waals surface area contributed by atoms with Crippen LogP contribution in [0.5, 0.6) is 0 Å². The second-order valence-corrected chi connectivity index (χ2v) is 5.74. The number of hydrogen-bond donors (Lipinski definition) is 1. The van der Waals surface area contributed by atoms with E-state index in [9.17, 15) is 0 Å². The lowest BCUT2D eigenvalue weighted by Crippen LogP contribution is -2.42. The molecule has 2 aliphatic rings. The van der Waals surface area contributed by atoms with Crippen LogP contribution in [-0.2, 0) is 4.74 Å². The molecule has 0 radical (unpaired) electrons. The SMILES string of the molecule is CC(N)c1cnc(N2CC3CCC(C2)O3)s1. The summed E-state index contributed by atoms with van der Waals surface area (Å²) in [6, 6.07) is 0.0870. The van der Waals surface area contributed by atoms with E-state index in [1.165, 1.54) is 12.8 Å². The van der Waals surface area contributed by atoms with Crippen LogP contribution in [-0.4, -0.2) is 30.3 Å². The highest BCUT2D eigenvalue weighted by Gasteiger charge is 2.34. The third-order valence-corrected chi connectivity index (χ3v) is 4.53. The fourth-order valence-electron chi connectivity index (χ4n) is 2.40. The van der Waals surface area contributed by atoms with Gasteiger partial charge in [0.05, 0.1) is 12.2 Å². The molecule has 2 saturated heterocycles. The summed E-state index contributed by atoms with van der Waals surface area (Å²) >= 11 is 1.71. The third kappa shape index (κ3) is 1.83. The highest BCUT2D eigenvalue weighted by atomic mass is 32.1. The van der Waals surface area contributed by atoms with Gasteiger partial charge >= 0.3 is 0 Å². The lowest BCUT2D eigenvalue weighted by atomic mass is 10.2. The molecule has 0 amide bonds. The molecule has 3 unspecified atom stereocenters. The van der Waals surface area contributed by atoms with E-state index in [1.807, 2.05) is 13.1 Å². The summed E-state index contributed by atoms with van der Waals surface area (Å²) in [5, 5.41) is 1.10. The number of hydrogen-bond acceptors (Lipinski definition) is 5. The van der Waals surface area contributed by atoms with Crippen LogP contribution in [0.25, 0.3) is 0 Å². The molecule has 2 aliphatic heterocycles. The van der Waals surface area contributed by atoms with Gasteiger partial charge in [-0.15, -0.1) is 11.3 Å². The van der Waals surface area contributed by atoms with Crippen LogP contribution in [0.3, 0.4) is 0 Å². The van der Waals surface area contributed by atoms with E-state index in [-0.39, 0.29) is 6.04 Å². The second-order valence-electron chi connectivity index (χ2n) is 4.70. The van der Waals surface area contributed by atoms with Crippen LogP contribution in [0.2, 0.25) is 0 Å². The topological polar surface area (TPSA) is 51.4 Å². The summed E-state index contributed by atoms with van der Waals surface area (Å²) in [5.41, 5.74) is 5.85. The molecule has 3 rings (SSSR count). The zero-order valence-corrected chi connectivity index (χ0v) is 10.2. The van der Waals surface area contributed by atoms with Crippen LogP contribution in [0.4, 0.5) is 5.13 Å². The molecule has 0 saturated carbocycles. The summed E-state index contributed by atoms with van der Waals surface area (Å²) in [7, 11) is 0. The van der Waals surface area contributed by atoms with Gasteiger partial charge in [0, 0.05) is 30.2 Å². The van der Waals surface area contributed by atoms with Crippen molar-refractivity contribution in [3.8, 4) is 0 Å². The van der Waals surface area contributed by atoms with Crippen LogP contribution < -0.4 is 10.6 Å². The molecule has 1 aromatic heterocycles. The van der Waals surface area contributed by atoms with Crippen molar-refractivity contribution in [2.24, 2.45) is 5.73 Å². The van der Waals surface area contributed by atoms with Gasteiger partial charge in [0.1, 0.15) is 0 Å². The van der Waals surface area contributed by atoms with Gasteiger partial charge in [-0.05, 0) is 19.8 Å².